The van der Waals surface area contributed by atoms with Crippen molar-refractivity contribution in [1.82, 2.24) is 14.5 Å². The Balaban J connectivity index is 1.32. The van der Waals surface area contributed by atoms with Crippen LogP contribution < -0.4 is 0 Å². The van der Waals surface area contributed by atoms with Crippen molar-refractivity contribution in [2.75, 3.05) is 40.0 Å². The van der Waals surface area contributed by atoms with Crippen molar-refractivity contribution in [3.05, 3.63) is 65.5 Å². The zero-order chi connectivity index (χ0) is 23.0. The predicted molar refractivity (Wildman–Crippen MR) is 131 cm³/mol. The minimum Gasteiger partial charge on any atom is -0.469 e. The van der Waals surface area contributed by atoms with Crippen LogP contribution in [0.4, 0.5) is 0 Å². The van der Waals surface area contributed by atoms with E-state index in [9.17, 15) is 4.79 Å². The zero-order valence-corrected chi connectivity index (χ0v) is 19.8. The molecular weight excluding hydrogens is 414 g/mol. The molecule has 0 aliphatic carbocycles. The van der Waals surface area contributed by atoms with Crippen LogP contribution in [0.15, 0.2) is 48.5 Å². The van der Waals surface area contributed by atoms with Gasteiger partial charge in [-0.3, -0.25) is 4.79 Å². The number of likely N-dealkylation sites (tertiary alicyclic amines) is 1. The lowest BCUT2D eigenvalue weighted by Gasteiger charge is -2.32. The molecule has 6 heteroatoms. The average Bonchev–Trinajstić information content (AvgIpc) is 3.22. The van der Waals surface area contributed by atoms with Gasteiger partial charge in [0.15, 0.2) is 0 Å². The normalized spacial score (nSPS) is 15.2. The zero-order valence-electron chi connectivity index (χ0n) is 19.8. The van der Waals surface area contributed by atoms with Crippen molar-refractivity contribution >= 4 is 17.0 Å². The Morgan fingerprint density at radius 3 is 2.48 bits per heavy atom. The first kappa shape index (κ1) is 23.5. The van der Waals surface area contributed by atoms with Crippen molar-refractivity contribution in [3.63, 3.8) is 0 Å². The molecule has 0 radical (unpaired) electrons. The van der Waals surface area contributed by atoms with Gasteiger partial charge >= 0.3 is 5.97 Å². The van der Waals surface area contributed by atoms with Crippen LogP contribution in [-0.4, -0.2) is 60.4 Å². The second-order valence-corrected chi connectivity index (χ2v) is 8.74. The number of para-hydroxylation sites is 2. The monoisotopic (exact) mass is 449 g/mol. The van der Waals surface area contributed by atoms with Gasteiger partial charge in [-0.1, -0.05) is 36.4 Å². The van der Waals surface area contributed by atoms with Crippen LogP contribution in [0.3, 0.4) is 0 Å². The lowest BCUT2D eigenvalue weighted by molar-refractivity contribution is -0.139. The quantitative estimate of drug-likeness (QED) is 0.343. The number of hydrogen-bond donors (Lipinski definition) is 0. The summed E-state index contributed by atoms with van der Waals surface area (Å²) in [5.41, 5.74) is 4.61. The smallest absolute Gasteiger partial charge is 0.309 e. The minimum absolute atomic E-state index is 0.197. The topological polar surface area (TPSA) is 56.6 Å². The molecule has 1 saturated heterocycles. The Labute approximate surface area is 196 Å². The van der Waals surface area contributed by atoms with Gasteiger partial charge in [0.05, 0.1) is 31.2 Å². The van der Waals surface area contributed by atoms with Gasteiger partial charge < -0.3 is 18.9 Å². The maximum Gasteiger partial charge on any atom is 0.309 e. The van der Waals surface area contributed by atoms with Gasteiger partial charge in [0.1, 0.15) is 5.82 Å². The van der Waals surface area contributed by atoms with E-state index in [2.05, 4.69) is 45.9 Å². The van der Waals surface area contributed by atoms with Crippen LogP contribution in [-0.2, 0) is 33.7 Å². The van der Waals surface area contributed by atoms with Crippen LogP contribution in [0.1, 0.15) is 42.6 Å². The third-order valence-electron chi connectivity index (χ3n) is 6.62. The molecule has 4 rings (SSSR count). The van der Waals surface area contributed by atoms with Crippen molar-refractivity contribution in [2.45, 2.75) is 45.1 Å². The fraction of sp³-hybridized carbons (Fsp3) is 0.481. The van der Waals surface area contributed by atoms with E-state index in [0.29, 0.717) is 12.3 Å². The third-order valence-corrected chi connectivity index (χ3v) is 6.62. The Kier molecular flexibility index (Phi) is 8.13. The first-order valence-corrected chi connectivity index (χ1v) is 12.1. The molecule has 1 aliphatic heterocycles. The predicted octanol–water partition coefficient (Wildman–Crippen LogP) is 4.21. The van der Waals surface area contributed by atoms with Crippen LogP contribution in [0, 0.1) is 0 Å². The second-order valence-electron chi connectivity index (χ2n) is 8.74. The standard InChI is InChI=1S/C27H35N3O3/c1-3-33-19-18-30-25-7-5-4-6-24(25)28-27(30)23-13-16-29(17-14-23)15-12-21-8-10-22(11-9-21)20-26(31)32-2/h4-11,23H,3,12-20H2,1-2H3. The number of carbonyl (C=O) groups excluding carboxylic acids is 1. The van der Waals surface area contributed by atoms with Crippen molar-refractivity contribution in [3.8, 4) is 0 Å². The largest absolute Gasteiger partial charge is 0.469 e. The number of nitrogens with zero attached hydrogens (tertiary/aromatic N) is 3. The lowest BCUT2D eigenvalue weighted by Crippen LogP contribution is -2.35. The van der Waals surface area contributed by atoms with Gasteiger partial charge in [-0.05, 0) is 62.5 Å². The molecule has 6 nitrogen and oxygen atoms in total. The summed E-state index contributed by atoms with van der Waals surface area (Å²) in [6, 6.07) is 16.8. The number of fused-ring (bicyclic) bond motifs is 1. The van der Waals surface area contributed by atoms with E-state index in [-0.39, 0.29) is 5.97 Å². The van der Waals surface area contributed by atoms with Gasteiger partial charge in [0.2, 0.25) is 0 Å². The number of rotatable bonds is 10. The summed E-state index contributed by atoms with van der Waals surface area (Å²) >= 11 is 0. The molecule has 0 N–H and O–H groups in total. The molecular formula is C27H35N3O3. The Morgan fingerprint density at radius 2 is 1.76 bits per heavy atom. The van der Waals surface area contributed by atoms with E-state index in [4.69, 9.17) is 14.5 Å². The number of methoxy groups -OCH3 is 1. The van der Waals surface area contributed by atoms with Gasteiger partial charge in [-0.2, -0.15) is 0 Å². The molecule has 0 atom stereocenters. The van der Waals surface area contributed by atoms with Crippen molar-refractivity contribution in [1.29, 1.82) is 0 Å². The summed E-state index contributed by atoms with van der Waals surface area (Å²) < 4.78 is 12.8. The van der Waals surface area contributed by atoms with Crippen LogP contribution in [0.5, 0.6) is 0 Å². The highest BCUT2D eigenvalue weighted by molar-refractivity contribution is 5.76. The molecule has 0 spiro atoms. The maximum atomic E-state index is 11.4. The second kappa shape index (κ2) is 11.4. The summed E-state index contributed by atoms with van der Waals surface area (Å²) in [7, 11) is 1.43. The Bertz CT molecular complexity index is 1040. The van der Waals surface area contributed by atoms with E-state index in [1.54, 1.807) is 0 Å². The molecule has 1 fully saturated rings. The number of imidazole rings is 1. The first-order valence-electron chi connectivity index (χ1n) is 12.1. The highest BCUT2D eigenvalue weighted by Gasteiger charge is 2.25. The number of esters is 1. The van der Waals surface area contributed by atoms with Gasteiger partial charge in [0.25, 0.3) is 0 Å². The van der Waals surface area contributed by atoms with Crippen LogP contribution in [0.25, 0.3) is 11.0 Å². The van der Waals surface area contributed by atoms with Crippen LogP contribution >= 0.6 is 0 Å². The number of piperidine rings is 1. The van der Waals surface area contributed by atoms with Crippen LogP contribution in [0.2, 0.25) is 0 Å². The number of aromatic nitrogens is 2. The Hall–Kier alpha value is -2.70. The van der Waals surface area contributed by atoms with E-state index >= 15 is 0 Å². The first-order chi connectivity index (χ1) is 16.2. The van der Waals surface area contributed by atoms with E-state index in [0.717, 1.165) is 69.7 Å². The van der Waals surface area contributed by atoms with E-state index in [1.807, 2.05) is 19.1 Å². The summed E-state index contributed by atoms with van der Waals surface area (Å²) in [6.07, 6.45) is 3.63. The number of benzene rings is 2. The molecule has 1 aromatic heterocycles. The SMILES string of the molecule is CCOCCn1c(C2CCN(CCc3ccc(CC(=O)OC)cc3)CC2)nc2ccccc21. The molecule has 0 unspecified atom stereocenters. The van der Waals surface area contributed by atoms with Crippen molar-refractivity contribution in [2.24, 2.45) is 0 Å². The molecule has 0 bridgehead atoms. The molecule has 3 aromatic rings. The number of ether oxygens (including phenoxy) is 2. The van der Waals surface area contributed by atoms with Gasteiger partial charge in [-0.25, -0.2) is 4.98 Å². The third kappa shape index (κ3) is 6.01. The summed E-state index contributed by atoms with van der Waals surface area (Å²) in [5.74, 6) is 1.52. The molecule has 1 aliphatic rings. The highest BCUT2D eigenvalue weighted by Crippen LogP contribution is 2.30. The highest BCUT2D eigenvalue weighted by atomic mass is 16.5. The van der Waals surface area contributed by atoms with E-state index < -0.39 is 0 Å². The average molecular weight is 450 g/mol. The fourth-order valence-electron chi connectivity index (χ4n) is 4.71. The summed E-state index contributed by atoms with van der Waals surface area (Å²) in [4.78, 5) is 19.0. The van der Waals surface area contributed by atoms with Crippen molar-refractivity contribution < 1.29 is 14.3 Å². The molecule has 0 amide bonds. The number of hydrogen-bond acceptors (Lipinski definition) is 5. The maximum absolute atomic E-state index is 11.4. The molecule has 0 saturated carbocycles. The van der Waals surface area contributed by atoms with Gasteiger partial charge in [0, 0.05) is 25.6 Å². The Morgan fingerprint density at radius 1 is 1.03 bits per heavy atom. The van der Waals surface area contributed by atoms with E-state index in [1.165, 1.54) is 24.0 Å². The van der Waals surface area contributed by atoms with Gasteiger partial charge in [-0.15, -0.1) is 0 Å². The molecule has 2 aromatic carbocycles. The summed E-state index contributed by atoms with van der Waals surface area (Å²) in [5, 5.41) is 0. The number of carbonyl (C=O) groups is 1. The summed E-state index contributed by atoms with van der Waals surface area (Å²) in [6.45, 7) is 7.62. The fourth-order valence-corrected chi connectivity index (χ4v) is 4.71. The molecule has 176 valence electrons. The minimum atomic E-state index is -0.197. The molecule has 2 heterocycles. The molecule has 33 heavy (non-hydrogen) atoms. The lowest BCUT2D eigenvalue weighted by atomic mass is 9.95.